The van der Waals surface area contributed by atoms with E-state index < -0.39 is 0 Å². The van der Waals surface area contributed by atoms with E-state index in [4.69, 9.17) is 0 Å². The first-order valence-corrected chi connectivity index (χ1v) is 8.00. The molecule has 1 rings (SSSR count). The maximum atomic E-state index is 3.76. The molecule has 1 unspecified atom stereocenters. The average Bonchev–Trinajstić information content (AvgIpc) is 2.30. The average molecular weight is 229 g/mol. The summed E-state index contributed by atoms with van der Waals surface area (Å²) in [7, 11) is 0. The monoisotopic (exact) mass is 229 g/mol. The molecule has 0 aromatic carbocycles. The molecule has 2 heteroatoms. The molecule has 1 N–H and O–H groups in total. The van der Waals surface area contributed by atoms with Crippen molar-refractivity contribution in [2.45, 2.75) is 57.9 Å². The van der Waals surface area contributed by atoms with Gasteiger partial charge in [-0.05, 0) is 50.2 Å². The highest BCUT2D eigenvalue weighted by Crippen LogP contribution is 2.28. The molecule has 90 valence electrons. The first-order valence-electron chi connectivity index (χ1n) is 6.60. The van der Waals surface area contributed by atoms with E-state index in [9.17, 15) is 0 Å². The van der Waals surface area contributed by atoms with Gasteiger partial charge in [-0.1, -0.05) is 26.2 Å². The van der Waals surface area contributed by atoms with E-state index in [-0.39, 0.29) is 0 Å². The highest BCUT2D eigenvalue weighted by Gasteiger charge is 2.22. The minimum atomic E-state index is 0.803. The van der Waals surface area contributed by atoms with E-state index in [1.807, 2.05) is 11.8 Å². The van der Waals surface area contributed by atoms with Crippen LogP contribution in [0.1, 0.15) is 51.9 Å². The van der Waals surface area contributed by atoms with E-state index in [1.165, 1.54) is 57.2 Å². The second-order valence-corrected chi connectivity index (χ2v) is 5.73. The van der Waals surface area contributed by atoms with E-state index in [0.29, 0.717) is 0 Å². The zero-order valence-electron chi connectivity index (χ0n) is 10.4. The van der Waals surface area contributed by atoms with Gasteiger partial charge in [0.05, 0.1) is 0 Å². The predicted octanol–water partition coefficient (Wildman–Crippen LogP) is 3.69. The summed E-state index contributed by atoms with van der Waals surface area (Å²) in [6, 6.07) is 0.803. The maximum absolute atomic E-state index is 3.76. The molecule has 0 heterocycles. The van der Waals surface area contributed by atoms with E-state index >= 15 is 0 Å². The Morgan fingerprint density at radius 2 is 2.00 bits per heavy atom. The first kappa shape index (κ1) is 13.4. The Labute approximate surface area is 99.8 Å². The van der Waals surface area contributed by atoms with Crippen LogP contribution in [0.15, 0.2) is 0 Å². The second kappa shape index (κ2) is 8.46. The third-order valence-corrected chi connectivity index (χ3v) is 4.15. The molecule has 1 nitrogen and oxygen atoms in total. The minimum Gasteiger partial charge on any atom is -0.314 e. The van der Waals surface area contributed by atoms with Gasteiger partial charge in [0.2, 0.25) is 0 Å². The van der Waals surface area contributed by atoms with Crippen molar-refractivity contribution < 1.29 is 0 Å². The SMILES string of the molecule is CCCNC(CCSC)C1CCCCC1. The second-order valence-electron chi connectivity index (χ2n) is 4.74. The van der Waals surface area contributed by atoms with Crippen LogP contribution in [0.2, 0.25) is 0 Å². The Kier molecular flexibility index (Phi) is 7.54. The fraction of sp³-hybridized carbons (Fsp3) is 1.00. The molecule has 0 spiro atoms. The Bertz CT molecular complexity index is 135. The molecule has 1 fully saturated rings. The van der Waals surface area contributed by atoms with Gasteiger partial charge < -0.3 is 5.32 Å². The lowest BCUT2D eigenvalue weighted by atomic mass is 9.83. The van der Waals surface area contributed by atoms with Crippen LogP contribution in [0.3, 0.4) is 0 Å². The smallest absolute Gasteiger partial charge is 0.0103 e. The molecular weight excluding hydrogens is 202 g/mol. The molecule has 1 atom stereocenters. The lowest BCUT2D eigenvalue weighted by molar-refractivity contribution is 0.264. The van der Waals surface area contributed by atoms with Crippen molar-refractivity contribution in [3.63, 3.8) is 0 Å². The van der Waals surface area contributed by atoms with Crippen molar-refractivity contribution in [2.75, 3.05) is 18.6 Å². The molecule has 0 aliphatic heterocycles. The summed E-state index contributed by atoms with van der Waals surface area (Å²) in [5.41, 5.74) is 0. The molecule has 0 bridgehead atoms. The number of rotatable bonds is 7. The summed E-state index contributed by atoms with van der Waals surface area (Å²) in [6.07, 6.45) is 12.2. The standard InChI is InChI=1S/C13H27NS/c1-3-10-14-13(9-11-15-2)12-7-5-4-6-8-12/h12-14H,3-11H2,1-2H3. The topological polar surface area (TPSA) is 12.0 Å². The first-order chi connectivity index (χ1) is 7.38. The summed E-state index contributed by atoms with van der Waals surface area (Å²) in [5, 5.41) is 3.76. The molecule has 0 aromatic rings. The van der Waals surface area contributed by atoms with Crippen molar-refractivity contribution in [3.05, 3.63) is 0 Å². The molecule has 1 aliphatic carbocycles. The fourth-order valence-electron chi connectivity index (χ4n) is 2.62. The van der Waals surface area contributed by atoms with Gasteiger partial charge >= 0.3 is 0 Å². The number of nitrogens with one attached hydrogen (secondary N) is 1. The molecule has 0 aromatic heterocycles. The summed E-state index contributed by atoms with van der Waals surface area (Å²) in [5.74, 6) is 2.29. The van der Waals surface area contributed by atoms with Gasteiger partial charge in [0, 0.05) is 6.04 Å². The van der Waals surface area contributed by atoms with Gasteiger partial charge in [0.1, 0.15) is 0 Å². The van der Waals surface area contributed by atoms with Crippen LogP contribution in [0.25, 0.3) is 0 Å². The Hall–Kier alpha value is 0.310. The quantitative estimate of drug-likeness (QED) is 0.714. The van der Waals surface area contributed by atoms with Gasteiger partial charge in [-0.15, -0.1) is 0 Å². The largest absolute Gasteiger partial charge is 0.314 e. The van der Waals surface area contributed by atoms with E-state index in [0.717, 1.165) is 12.0 Å². The lowest BCUT2D eigenvalue weighted by Crippen LogP contribution is -2.38. The minimum absolute atomic E-state index is 0.803. The summed E-state index contributed by atoms with van der Waals surface area (Å²) >= 11 is 1.99. The van der Waals surface area contributed by atoms with Crippen molar-refractivity contribution in [3.8, 4) is 0 Å². The lowest BCUT2D eigenvalue weighted by Gasteiger charge is -2.31. The normalized spacial score (nSPS) is 20.4. The summed E-state index contributed by atoms with van der Waals surface area (Å²) in [4.78, 5) is 0. The molecule has 1 aliphatic rings. The molecule has 15 heavy (non-hydrogen) atoms. The van der Waals surface area contributed by atoms with Gasteiger partial charge in [-0.25, -0.2) is 0 Å². The molecule has 0 saturated heterocycles. The predicted molar refractivity (Wildman–Crippen MR) is 71.7 cm³/mol. The van der Waals surface area contributed by atoms with Crippen LogP contribution in [0.5, 0.6) is 0 Å². The Morgan fingerprint density at radius 1 is 1.27 bits per heavy atom. The third kappa shape index (κ3) is 5.26. The fourth-order valence-corrected chi connectivity index (χ4v) is 3.11. The van der Waals surface area contributed by atoms with Gasteiger partial charge in [-0.2, -0.15) is 11.8 Å². The molecular formula is C13H27NS. The van der Waals surface area contributed by atoms with Crippen molar-refractivity contribution in [1.29, 1.82) is 0 Å². The van der Waals surface area contributed by atoms with Gasteiger partial charge in [-0.3, -0.25) is 0 Å². The molecule has 0 radical (unpaired) electrons. The number of thioether (sulfide) groups is 1. The highest BCUT2D eigenvalue weighted by atomic mass is 32.2. The van der Waals surface area contributed by atoms with Crippen molar-refractivity contribution >= 4 is 11.8 Å². The van der Waals surface area contributed by atoms with Crippen LogP contribution in [-0.4, -0.2) is 24.6 Å². The summed E-state index contributed by atoms with van der Waals surface area (Å²) < 4.78 is 0. The van der Waals surface area contributed by atoms with Crippen LogP contribution in [-0.2, 0) is 0 Å². The highest BCUT2D eigenvalue weighted by molar-refractivity contribution is 7.98. The zero-order chi connectivity index (χ0) is 10.9. The van der Waals surface area contributed by atoms with Crippen LogP contribution in [0, 0.1) is 5.92 Å². The third-order valence-electron chi connectivity index (χ3n) is 3.51. The molecule has 1 saturated carbocycles. The Balaban J connectivity index is 2.30. The van der Waals surface area contributed by atoms with Crippen molar-refractivity contribution in [2.24, 2.45) is 5.92 Å². The van der Waals surface area contributed by atoms with Crippen LogP contribution >= 0.6 is 11.8 Å². The molecule has 0 amide bonds. The Morgan fingerprint density at radius 3 is 2.60 bits per heavy atom. The number of hydrogen-bond donors (Lipinski definition) is 1. The maximum Gasteiger partial charge on any atom is 0.0103 e. The van der Waals surface area contributed by atoms with Crippen LogP contribution < -0.4 is 5.32 Å². The summed E-state index contributed by atoms with van der Waals surface area (Å²) in [6.45, 7) is 3.47. The van der Waals surface area contributed by atoms with Gasteiger partial charge in [0.25, 0.3) is 0 Å². The van der Waals surface area contributed by atoms with E-state index in [1.54, 1.807) is 0 Å². The van der Waals surface area contributed by atoms with Crippen LogP contribution in [0.4, 0.5) is 0 Å². The van der Waals surface area contributed by atoms with Crippen molar-refractivity contribution in [1.82, 2.24) is 5.32 Å². The zero-order valence-corrected chi connectivity index (χ0v) is 11.2. The number of hydrogen-bond acceptors (Lipinski definition) is 2. The van der Waals surface area contributed by atoms with Gasteiger partial charge in [0.15, 0.2) is 0 Å². The van der Waals surface area contributed by atoms with E-state index in [2.05, 4.69) is 18.5 Å².